The van der Waals surface area contributed by atoms with E-state index in [-0.39, 0.29) is 12.4 Å². The Morgan fingerprint density at radius 1 is 1.67 bits per heavy atom. The Labute approximate surface area is 69.5 Å². The van der Waals surface area contributed by atoms with Crippen LogP contribution < -0.4 is 0 Å². The lowest BCUT2D eigenvalue weighted by Crippen LogP contribution is -2.11. The van der Waals surface area contributed by atoms with Crippen LogP contribution in [0.2, 0.25) is 0 Å². The number of carbonyl (C=O) groups is 1. The number of rotatable bonds is 3. The minimum atomic E-state index is -0.310. The van der Waals surface area contributed by atoms with E-state index in [1.54, 1.807) is 14.0 Å². The predicted molar refractivity (Wildman–Crippen MR) is 39.1 cm³/mol. The fraction of sp³-hybridized carbons (Fsp3) is 0.667. The summed E-state index contributed by atoms with van der Waals surface area (Å²) in [6.45, 7) is 2.14. The van der Waals surface area contributed by atoms with E-state index in [2.05, 4.69) is 15.5 Å². The standard InChI is InChI=1S/C6H10N4O2/c1-3-12-6(11)4-5-7-8-9-10(5)2/h3-4H2,1-2H3. The molecular formula is C6H10N4O2. The van der Waals surface area contributed by atoms with E-state index in [9.17, 15) is 4.79 Å². The van der Waals surface area contributed by atoms with E-state index in [0.717, 1.165) is 0 Å². The average Bonchev–Trinajstić information content (AvgIpc) is 2.37. The smallest absolute Gasteiger partial charge is 0.313 e. The Kier molecular flexibility index (Phi) is 2.73. The van der Waals surface area contributed by atoms with Gasteiger partial charge in [0.05, 0.1) is 6.61 Å². The third-order valence-corrected chi connectivity index (χ3v) is 1.32. The fourth-order valence-corrected chi connectivity index (χ4v) is 0.739. The summed E-state index contributed by atoms with van der Waals surface area (Å²) in [7, 11) is 1.68. The van der Waals surface area contributed by atoms with Crippen LogP contribution in [0.3, 0.4) is 0 Å². The van der Waals surface area contributed by atoms with Crippen LogP contribution in [0.5, 0.6) is 0 Å². The van der Waals surface area contributed by atoms with Crippen molar-refractivity contribution in [3.05, 3.63) is 5.82 Å². The van der Waals surface area contributed by atoms with Crippen LogP contribution in [0.4, 0.5) is 0 Å². The molecule has 0 fully saturated rings. The topological polar surface area (TPSA) is 69.9 Å². The first-order chi connectivity index (χ1) is 5.74. The first-order valence-electron chi connectivity index (χ1n) is 3.61. The number of aryl methyl sites for hydroxylation is 1. The van der Waals surface area contributed by atoms with Gasteiger partial charge in [-0.1, -0.05) is 0 Å². The molecule has 0 saturated carbocycles. The Hall–Kier alpha value is -1.46. The molecule has 1 heterocycles. The molecule has 6 heteroatoms. The summed E-state index contributed by atoms with van der Waals surface area (Å²) in [6.07, 6.45) is 0.122. The van der Waals surface area contributed by atoms with Crippen LogP contribution in [0.1, 0.15) is 12.7 Å². The zero-order valence-electron chi connectivity index (χ0n) is 7.02. The second kappa shape index (κ2) is 3.80. The van der Waals surface area contributed by atoms with E-state index in [1.807, 2.05) is 0 Å². The molecule has 1 aromatic heterocycles. The van der Waals surface area contributed by atoms with Crippen LogP contribution in [-0.4, -0.2) is 32.8 Å². The summed E-state index contributed by atoms with van der Waals surface area (Å²) in [5.41, 5.74) is 0. The summed E-state index contributed by atoms with van der Waals surface area (Å²) in [6, 6.07) is 0. The second-order valence-electron chi connectivity index (χ2n) is 2.20. The van der Waals surface area contributed by atoms with Gasteiger partial charge in [-0.25, -0.2) is 4.68 Å². The molecule has 12 heavy (non-hydrogen) atoms. The van der Waals surface area contributed by atoms with Crippen molar-refractivity contribution in [1.29, 1.82) is 0 Å². The number of tetrazole rings is 1. The number of hydrogen-bond donors (Lipinski definition) is 0. The second-order valence-corrected chi connectivity index (χ2v) is 2.20. The van der Waals surface area contributed by atoms with Crippen LogP contribution in [0.25, 0.3) is 0 Å². The molecular weight excluding hydrogens is 160 g/mol. The quantitative estimate of drug-likeness (QED) is 0.562. The van der Waals surface area contributed by atoms with Gasteiger partial charge in [0.1, 0.15) is 6.42 Å². The van der Waals surface area contributed by atoms with Crippen molar-refractivity contribution in [3.8, 4) is 0 Å². The monoisotopic (exact) mass is 170 g/mol. The van der Waals surface area contributed by atoms with Crippen LogP contribution >= 0.6 is 0 Å². The van der Waals surface area contributed by atoms with Crippen molar-refractivity contribution in [1.82, 2.24) is 20.2 Å². The highest BCUT2D eigenvalue weighted by atomic mass is 16.5. The van der Waals surface area contributed by atoms with E-state index in [0.29, 0.717) is 12.4 Å². The number of carbonyl (C=O) groups excluding carboxylic acids is 1. The molecule has 0 atom stereocenters. The number of nitrogens with zero attached hydrogens (tertiary/aromatic N) is 4. The Balaban J connectivity index is 2.52. The summed E-state index contributed by atoms with van der Waals surface area (Å²) in [5, 5.41) is 10.6. The van der Waals surface area contributed by atoms with E-state index in [4.69, 9.17) is 4.74 Å². The molecule has 1 aromatic rings. The first-order valence-corrected chi connectivity index (χ1v) is 3.61. The average molecular weight is 170 g/mol. The number of esters is 1. The summed E-state index contributed by atoms with van der Waals surface area (Å²) in [5.74, 6) is 0.198. The van der Waals surface area contributed by atoms with Gasteiger partial charge < -0.3 is 4.74 Å². The molecule has 66 valence electrons. The predicted octanol–water partition coefficient (Wildman–Crippen LogP) is -0.684. The van der Waals surface area contributed by atoms with Gasteiger partial charge >= 0.3 is 5.97 Å². The van der Waals surface area contributed by atoms with Crippen molar-refractivity contribution < 1.29 is 9.53 Å². The van der Waals surface area contributed by atoms with Gasteiger partial charge in [0.25, 0.3) is 0 Å². The maximum atomic E-state index is 10.9. The lowest BCUT2D eigenvalue weighted by atomic mass is 10.4. The van der Waals surface area contributed by atoms with Crippen molar-refractivity contribution >= 4 is 5.97 Å². The molecule has 0 unspecified atom stereocenters. The van der Waals surface area contributed by atoms with Crippen LogP contribution in [0, 0.1) is 0 Å². The van der Waals surface area contributed by atoms with Crippen molar-refractivity contribution in [3.63, 3.8) is 0 Å². The molecule has 0 N–H and O–H groups in total. The minimum absolute atomic E-state index is 0.122. The highest BCUT2D eigenvalue weighted by Crippen LogP contribution is 1.92. The molecule has 0 aliphatic heterocycles. The normalized spacial score (nSPS) is 9.83. The Morgan fingerprint density at radius 2 is 2.42 bits per heavy atom. The molecule has 1 rings (SSSR count). The molecule has 0 saturated heterocycles. The van der Waals surface area contributed by atoms with Crippen molar-refractivity contribution in [2.24, 2.45) is 7.05 Å². The van der Waals surface area contributed by atoms with Crippen molar-refractivity contribution in [2.75, 3.05) is 6.61 Å². The van der Waals surface area contributed by atoms with Gasteiger partial charge in [-0.15, -0.1) is 5.10 Å². The van der Waals surface area contributed by atoms with Gasteiger partial charge in [0, 0.05) is 7.05 Å². The van der Waals surface area contributed by atoms with Crippen LogP contribution in [0.15, 0.2) is 0 Å². The maximum Gasteiger partial charge on any atom is 0.313 e. The van der Waals surface area contributed by atoms with Crippen molar-refractivity contribution in [2.45, 2.75) is 13.3 Å². The highest BCUT2D eigenvalue weighted by molar-refractivity contribution is 5.71. The van der Waals surface area contributed by atoms with E-state index in [1.165, 1.54) is 4.68 Å². The summed E-state index contributed by atoms with van der Waals surface area (Å²) < 4.78 is 6.16. The molecule has 0 aliphatic rings. The van der Waals surface area contributed by atoms with Gasteiger partial charge in [-0.2, -0.15) is 0 Å². The summed E-state index contributed by atoms with van der Waals surface area (Å²) in [4.78, 5) is 10.9. The van der Waals surface area contributed by atoms with E-state index >= 15 is 0 Å². The van der Waals surface area contributed by atoms with E-state index < -0.39 is 0 Å². The zero-order chi connectivity index (χ0) is 8.97. The van der Waals surface area contributed by atoms with Gasteiger partial charge in [0.2, 0.25) is 0 Å². The molecule has 0 radical (unpaired) electrons. The zero-order valence-corrected chi connectivity index (χ0v) is 7.02. The molecule has 0 amide bonds. The Morgan fingerprint density at radius 3 is 2.92 bits per heavy atom. The van der Waals surface area contributed by atoms with Gasteiger partial charge in [-0.05, 0) is 17.4 Å². The Bertz CT molecular complexity index is 270. The fourth-order valence-electron chi connectivity index (χ4n) is 0.739. The SMILES string of the molecule is CCOC(=O)Cc1nnnn1C. The highest BCUT2D eigenvalue weighted by Gasteiger charge is 2.08. The number of ether oxygens (including phenoxy) is 1. The van der Waals surface area contributed by atoms with Gasteiger partial charge in [0.15, 0.2) is 5.82 Å². The van der Waals surface area contributed by atoms with Gasteiger partial charge in [-0.3, -0.25) is 4.79 Å². The minimum Gasteiger partial charge on any atom is -0.466 e. The molecule has 0 aliphatic carbocycles. The molecule has 0 aromatic carbocycles. The summed E-state index contributed by atoms with van der Waals surface area (Å²) >= 11 is 0. The number of aromatic nitrogens is 4. The lowest BCUT2D eigenvalue weighted by molar-refractivity contribution is -0.142. The third-order valence-electron chi connectivity index (χ3n) is 1.32. The largest absolute Gasteiger partial charge is 0.466 e. The number of hydrogen-bond acceptors (Lipinski definition) is 5. The van der Waals surface area contributed by atoms with Crippen LogP contribution in [-0.2, 0) is 23.0 Å². The maximum absolute atomic E-state index is 10.9. The third kappa shape index (κ3) is 2.01. The molecule has 0 bridgehead atoms. The first kappa shape index (κ1) is 8.63. The molecule has 6 nitrogen and oxygen atoms in total. The molecule has 0 spiro atoms. The lowest BCUT2D eigenvalue weighted by Gasteiger charge is -1.98.